The van der Waals surface area contributed by atoms with Crippen molar-refractivity contribution in [1.29, 1.82) is 0 Å². The van der Waals surface area contributed by atoms with Gasteiger partial charge in [-0.1, -0.05) is 0 Å². The van der Waals surface area contributed by atoms with Crippen LogP contribution in [-0.4, -0.2) is 20.0 Å². The van der Waals surface area contributed by atoms with Gasteiger partial charge in [0.25, 0.3) is 0 Å². The Balaban J connectivity index is 2.69. The van der Waals surface area contributed by atoms with Crippen LogP contribution in [0, 0.1) is 0 Å². The maximum atomic E-state index is 11.7. The van der Waals surface area contributed by atoms with E-state index in [1.54, 1.807) is 17.9 Å². The number of aryl methyl sites for hydroxylation is 1. The molecular formula is C10H8N4O. The lowest BCUT2D eigenvalue weighted by atomic mass is 10.2. The van der Waals surface area contributed by atoms with Gasteiger partial charge in [0.1, 0.15) is 5.52 Å². The number of hydrogen-bond acceptors (Lipinski definition) is 3. The third kappa shape index (κ3) is 1.06. The van der Waals surface area contributed by atoms with Crippen molar-refractivity contribution in [3.8, 4) is 0 Å². The zero-order chi connectivity index (χ0) is 10.4. The van der Waals surface area contributed by atoms with E-state index < -0.39 is 0 Å². The highest BCUT2D eigenvalue weighted by Crippen LogP contribution is 2.16. The number of pyridine rings is 1. The third-order valence-corrected chi connectivity index (χ3v) is 2.38. The molecule has 5 nitrogen and oxygen atoms in total. The van der Waals surface area contributed by atoms with Crippen molar-refractivity contribution < 1.29 is 0 Å². The first kappa shape index (κ1) is 8.16. The number of H-pyrrole nitrogens is 1. The molecule has 0 saturated heterocycles. The van der Waals surface area contributed by atoms with E-state index in [0.717, 1.165) is 11.0 Å². The van der Waals surface area contributed by atoms with Crippen LogP contribution in [0.4, 0.5) is 0 Å². The molecule has 2 heterocycles. The molecule has 0 unspecified atom stereocenters. The first-order valence-electron chi connectivity index (χ1n) is 4.56. The average Bonchev–Trinajstić information content (AvgIpc) is 2.58. The van der Waals surface area contributed by atoms with E-state index >= 15 is 0 Å². The fourth-order valence-corrected chi connectivity index (χ4v) is 1.75. The quantitative estimate of drug-likeness (QED) is 0.584. The van der Waals surface area contributed by atoms with Crippen molar-refractivity contribution in [2.75, 3.05) is 0 Å². The Labute approximate surface area is 84.3 Å². The van der Waals surface area contributed by atoms with Crippen LogP contribution in [0.5, 0.6) is 0 Å². The lowest BCUT2D eigenvalue weighted by Crippen LogP contribution is -2.00. The van der Waals surface area contributed by atoms with Crippen LogP contribution < -0.4 is 5.43 Å². The van der Waals surface area contributed by atoms with Gasteiger partial charge in [0.05, 0.1) is 16.4 Å². The van der Waals surface area contributed by atoms with Gasteiger partial charge >= 0.3 is 0 Å². The third-order valence-electron chi connectivity index (χ3n) is 2.38. The van der Waals surface area contributed by atoms with Crippen LogP contribution in [0.25, 0.3) is 21.9 Å². The Morgan fingerprint density at radius 2 is 2.07 bits per heavy atom. The number of hydrogen-bond donors (Lipinski definition) is 1. The lowest BCUT2D eigenvalue weighted by molar-refractivity contribution is 0.665. The predicted molar refractivity (Wildman–Crippen MR) is 56.6 cm³/mol. The van der Waals surface area contributed by atoms with Crippen LogP contribution in [0.2, 0.25) is 0 Å². The molecular weight excluding hydrogens is 192 g/mol. The standard InChI is InChI=1S/C10H8N4O/c1-14-12-7-3-2-6-9(10(7)13-14)8(15)4-5-11-6/h2-5,13H,1H3. The van der Waals surface area contributed by atoms with Crippen molar-refractivity contribution in [2.45, 2.75) is 0 Å². The number of aromatic nitrogens is 4. The maximum Gasteiger partial charge on any atom is 0.191 e. The molecule has 3 rings (SSSR count). The van der Waals surface area contributed by atoms with Crippen molar-refractivity contribution in [3.63, 3.8) is 0 Å². The summed E-state index contributed by atoms with van der Waals surface area (Å²) in [5, 5.41) is 7.81. The Morgan fingerprint density at radius 1 is 1.27 bits per heavy atom. The molecule has 0 amide bonds. The molecule has 15 heavy (non-hydrogen) atoms. The normalized spacial score (nSPS) is 11.3. The molecule has 0 spiro atoms. The average molecular weight is 200 g/mol. The second kappa shape index (κ2) is 2.66. The van der Waals surface area contributed by atoms with Gasteiger partial charge in [-0.05, 0) is 12.1 Å². The van der Waals surface area contributed by atoms with E-state index in [2.05, 4.69) is 15.2 Å². The van der Waals surface area contributed by atoms with Gasteiger partial charge < -0.3 is 0 Å². The molecule has 2 aromatic heterocycles. The summed E-state index contributed by atoms with van der Waals surface area (Å²) in [4.78, 5) is 17.4. The molecule has 3 aromatic rings. The molecule has 0 aliphatic carbocycles. The summed E-state index contributed by atoms with van der Waals surface area (Å²) in [6.45, 7) is 0. The van der Waals surface area contributed by atoms with Gasteiger partial charge in [-0.3, -0.25) is 14.9 Å². The van der Waals surface area contributed by atoms with Crippen LogP contribution in [0.3, 0.4) is 0 Å². The minimum absolute atomic E-state index is 0.0325. The van der Waals surface area contributed by atoms with E-state index in [1.165, 1.54) is 12.3 Å². The monoisotopic (exact) mass is 200 g/mol. The van der Waals surface area contributed by atoms with Gasteiger partial charge in [-0.25, -0.2) is 4.80 Å². The molecule has 1 N–H and O–H groups in total. The Kier molecular flexibility index (Phi) is 1.45. The molecule has 0 bridgehead atoms. The number of fused-ring (bicyclic) bond motifs is 3. The van der Waals surface area contributed by atoms with Gasteiger partial charge in [-0.2, -0.15) is 5.10 Å². The molecule has 74 valence electrons. The van der Waals surface area contributed by atoms with Crippen molar-refractivity contribution >= 4 is 21.9 Å². The van der Waals surface area contributed by atoms with E-state index in [9.17, 15) is 4.79 Å². The summed E-state index contributed by atoms with van der Waals surface area (Å²) < 4.78 is 0. The molecule has 0 aliphatic heterocycles. The Hall–Kier alpha value is -2.17. The van der Waals surface area contributed by atoms with E-state index in [0.29, 0.717) is 10.9 Å². The second-order valence-corrected chi connectivity index (χ2v) is 3.40. The molecule has 0 atom stereocenters. The fourth-order valence-electron chi connectivity index (χ4n) is 1.75. The van der Waals surface area contributed by atoms with Crippen LogP contribution in [0.1, 0.15) is 0 Å². The molecule has 0 radical (unpaired) electrons. The zero-order valence-electron chi connectivity index (χ0n) is 8.06. The summed E-state index contributed by atoms with van der Waals surface area (Å²) >= 11 is 0. The van der Waals surface area contributed by atoms with Gasteiger partial charge in [-0.15, -0.1) is 0 Å². The second-order valence-electron chi connectivity index (χ2n) is 3.40. The van der Waals surface area contributed by atoms with Gasteiger partial charge in [0.2, 0.25) is 0 Å². The SMILES string of the molecule is Cn1nc2ccc3nccc(=O)c3c2[nH]1. The summed E-state index contributed by atoms with van der Waals surface area (Å²) in [6, 6.07) is 5.11. The summed E-state index contributed by atoms with van der Waals surface area (Å²) in [6.07, 6.45) is 1.52. The van der Waals surface area contributed by atoms with Crippen molar-refractivity contribution in [2.24, 2.45) is 7.05 Å². The van der Waals surface area contributed by atoms with Gasteiger partial charge in [0.15, 0.2) is 5.43 Å². The fraction of sp³-hybridized carbons (Fsp3) is 0.100. The molecule has 5 heteroatoms. The van der Waals surface area contributed by atoms with Crippen molar-refractivity contribution in [1.82, 2.24) is 20.0 Å². The summed E-state index contributed by atoms with van der Waals surface area (Å²) in [7, 11) is 1.78. The molecule has 0 saturated carbocycles. The number of nitrogens with one attached hydrogen (secondary N) is 1. The van der Waals surface area contributed by atoms with E-state index in [4.69, 9.17) is 0 Å². The maximum absolute atomic E-state index is 11.7. The van der Waals surface area contributed by atoms with E-state index in [1.807, 2.05) is 6.07 Å². The van der Waals surface area contributed by atoms with E-state index in [-0.39, 0.29) is 5.43 Å². The topological polar surface area (TPSA) is 63.6 Å². The first-order valence-corrected chi connectivity index (χ1v) is 4.56. The highest BCUT2D eigenvalue weighted by Gasteiger charge is 2.07. The molecule has 0 fully saturated rings. The number of aromatic amines is 1. The predicted octanol–water partition coefficient (Wildman–Crippen LogP) is 0.810. The first-order chi connectivity index (χ1) is 7.25. The van der Waals surface area contributed by atoms with Crippen LogP contribution in [0.15, 0.2) is 29.2 Å². The number of rotatable bonds is 0. The molecule has 0 aliphatic rings. The smallest absolute Gasteiger partial charge is 0.191 e. The lowest BCUT2D eigenvalue weighted by Gasteiger charge is -1.94. The van der Waals surface area contributed by atoms with Gasteiger partial charge in [0, 0.05) is 19.3 Å². The highest BCUT2D eigenvalue weighted by atomic mass is 16.1. The number of benzene rings is 1. The number of nitrogens with zero attached hydrogens (tertiary/aromatic N) is 3. The summed E-state index contributed by atoms with van der Waals surface area (Å²) in [5.41, 5.74) is 2.18. The van der Waals surface area contributed by atoms with Crippen molar-refractivity contribution in [3.05, 3.63) is 34.6 Å². The Bertz CT molecular complexity index is 710. The summed E-state index contributed by atoms with van der Waals surface area (Å²) in [5.74, 6) is 0. The van der Waals surface area contributed by atoms with Crippen LogP contribution >= 0.6 is 0 Å². The highest BCUT2D eigenvalue weighted by molar-refractivity contribution is 6.01. The Morgan fingerprint density at radius 3 is 2.93 bits per heavy atom. The minimum atomic E-state index is -0.0325. The largest absolute Gasteiger partial charge is 0.289 e. The minimum Gasteiger partial charge on any atom is -0.289 e. The van der Waals surface area contributed by atoms with Crippen LogP contribution in [-0.2, 0) is 7.05 Å². The zero-order valence-corrected chi connectivity index (χ0v) is 8.06. The molecule has 1 aromatic carbocycles.